The second kappa shape index (κ2) is 11.4. The SMILES string of the molecule is Cc1cc(S(=O)(=O)n2cc(CN3CCN(C)CC3)c3cc(-c4ccc(C(F)(F)F)cc4)ccc32)ccc1OCC(=O)O. The van der Waals surface area contributed by atoms with E-state index in [0.29, 0.717) is 34.1 Å². The molecule has 0 atom stereocenters. The molecule has 0 bridgehead atoms. The highest BCUT2D eigenvalue weighted by Crippen LogP contribution is 2.34. The van der Waals surface area contributed by atoms with Crippen molar-refractivity contribution in [3.05, 3.63) is 83.6 Å². The first-order valence-corrected chi connectivity index (χ1v) is 14.7. The minimum absolute atomic E-state index is 0.0116. The molecule has 4 aromatic rings. The molecule has 1 saturated heterocycles. The fourth-order valence-electron chi connectivity index (χ4n) is 5.07. The Hall–Kier alpha value is -3.87. The highest BCUT2D eigenvalue weighted by molar-refractivity contribution is 7.90. The number of aliphatic carboxylic acids is 1. The second-order valence-electron chi connectivity index (χ2n) is 10.5. The van der Waals surface area contributed by atoms with Crippen molar-refractivity contribution in [2.24, 2.45) is 0 Å². The average molecular weight is 602 g/mol. The molecule has 8 nitrogen and oxygen atoms in total. The van der Waals surface area contributed by atoms with Crippen LogP contribution in [0.4, 0.5) is 13.2 Å². The maximum atomic E-state index is 13.9. The molecule has 0 aliphatic carbocycles. The van der Waals surface area contributed by atoms with Gasteiger partial charge in [0.15, 0.2) is 6.61 Å². The van der Waals surface area contributed by atoms with Crippen LogP contribution in [0.1, 0.15) is 16.7 Å². The van der Waals surface area contributed by atoms with Gasteiger partial charge in [0.2, 0.25) is 0 Å². The van der Waals surface area contributed by atoms with Gasteiger partial charge < -0.3 is 14.7 Å². The smallest absolute Gasteiger partial charge is 0.416 e. The average Bonchev–Trinajstić information content (AvgIpc) is 3.31. The first kappa shape index (κ1) is 29.6. The molecular formula is C30H30F3N3O5S. The monoisotopic (exact) mass is 601 g/mol. The standard InChI is InChI=1S/C30H30F3N3O5S/c1-20-15-25(8-10-28(20)41-19-29(37)38)42(39,40)36-18-23(17-35-13-11-34(2)12-14-35)26-16-22(5-9-27(26)36)21-3-6-24(7-4-21)30(31,32)33/h3-10,15-16,18H,11-14,17,19H2,1-2H3,(H,37,38). The second-order valence-corrected chi connectivity index (χ2v) is 12.3. The minimum atomic E-state index is -4.44. The number of likely N-dealkylation sites (N-methyl/N-ethyl adjacent to an activating group) is 1. The summed E-state index contributed by atoms with van der Waals surface area (Å²) < 4.78 is 73.6. The van der Waals surface area contributed by atoms with Crippen LogP contribution in [0.2, 0.25) is 0 Å². The van der Waals surface area contributed by atoms with Crippen molar-refractivity contribution in [1.29, 1.82) is 0 Å². The number of piperazine rings is 1. The summed E-state index contributed by atoms with van der Waals surface area (Å²) in [6, 6.07) is 14.3. The molecule has 2 heterocycles. The van der Waals surface area contributed by atoms with Crippen molar-refractivity contribution in [3.63, 3.8) is 0 Å². The minimum Gasteiger partial charge on any atom is -0.482 e. The lowest BCUT2D eigenvalue weighted by Gasteiger charge is -2.32. The molecule has 1 aliphatic heterocycles. The molecule has 5 rings (SSSR count). The summed E-state index contributed by atoms with van der Waals surface area (Å²) >= 11 is 0. The molecule has 1 aromatic heterocycles. The van der Waals surface area contributed by atoms with E-state index in [1.807, 2.05) is 13.1 Å². The fraction of sp³-hybridized carbons (Fsp3) is 0.300. The van der Waals surface area contributed by atoms with Gasteiger partial charge in [-0.15, -0.1) is 0 Å². The van der Waals surface area contributed by atoms with Gasteiger partial charge in [-0.25, -0.2) is 17.2 Å². The van der Waals surface area contributed by atoms with Gasteiger partial charge in [0, 0.05) is 44.3 Å². The molecule has 1 N–H and O–H groups in total. The zero-order chi connectivity index (χ0) is 30.2. The van der Waals surface area contributed by atoms with E-state index in [9.17, 15) is 26.4 Å². The largest absolute Gasteiger partial charge is 0.482 e. The van der Waals surface area contributed by atoms with E-state index in [1.165, 1.54) is 34.3 Å². The van der Waals surface area contributed by atoms with Gasteiger partial charge in [-0.2, -0.15) is 13.2 Å². The molecule has 0 spiro atoms. The number of ether oxygens (including phenoxy) is 1. The third kappa shape index (κ3) is 6.15. The normalized spacial score (nSPS) is 15.3. The Bertz CT molecular complexity index is 1730. The number of benzene rings is 3. The van der Waals surface area contributed by atoms with Gasteiger partial charge in [0.1, 0.15) is 5.75 Å². The molecule has 1 fully saturated rings. The predicted molar refractivity (Wildman–Crippen MR) is 152 cm³/mol. The van der Waals surface area contributed by atoms with E-state index in [-0.39, 0.29) is 10.6 Å². The van der Waals surface area contributed by atoms with Crippen LogP contribution in [-0.4, -0.2) is 73.1 Å². The number of carboxylic acid groups (broad SMARTS) is 1. The molecule has 12 heteroatoms. The Morgan fingerprint density at radius 1 is 0.952 bits per heavy atom. The Morgan fingerprint density at radius 2 is 1.62 bits per heavy atom. The highest BCUT2D eigenvalue weighted by atomic mass is 32.2. The lowest BCUT2D eigenvalue weighted by atomic mass is 10.0. The van der Waals surface area contributed by atoms with E-state index in [1.54, 1.807) is 25.3 Å². The molecule has 222 valence electrons. The molecule has 42 heavy (non-hydrogen) atoms. The molecule has 1 aliphatic rings. The third-order valence-corrected chi connectivity index (χ3v) is 9.11. The van der Waals surface area contributed by atoms with E-state index in [0.717, 1.165) is 43.9 Å². The van der Waals surface area contributed by atoms with Gasteiger partial charge in [-0.05, 0) is 78.7 Å². The highest BCUT2D eigenvalue weighted by Gasteiger charge is 2.30. The molecular weight excluding hydrogens is 571 g/mol. The lowest BCUT2D eigenvalue weighted by Crippen LogP contribution is -2.43. The van der Waals surface area contributed by atoms with Crippen LogP contribution in [-0.2, 0) is 27.5 Å². The number of rotatable bonds is 8. The van der Waals surface area contributed by atoms with Crippen molar-refractivity contribution in [2.45, 2.75) is 24.5 Å². The lowest BCUT2D eigenvalue weighted by molar-refractivity contribution is -0.139. The van der Waals surface area contributed by atoms with Crippen LogP contribution >= 0.6 is 0 Å². The summed E-state index contributed by atoms with van der Waals surface area (Å²) in [6.45, 7) is 4.97. The number of carboxylic acids is 1. The van der Waals surface area contributed by atoms with Gasteiger partial charge in [0.25, 0.3) is 10.0 Å². The van der Waals surface area contributed by atoms with Gasteiger partial charge in [-0.1, -0.05) is 18.2 Å². The number of halogens is 3. The van der Waals surface area contributed by atoms with Gasteiger partial charge >= 0.3 is 12.1 Å². The number of aromatic nitrogens is 1. The molecule has 3 aromatic carbocycles. The number of hydrogen-bond acceptors (Lipinski definition) is 6. The third-order valence-electron chi connectivity index (χ3n) is 7.44. The predicted octanol–water partition coefficient (Wildman–Crippen LogP) is 5.08. The maximum absolute atomic E-state index is 13.9. The summed E-state index contributed by atoms with van der Waals surface area (Å²) in [7, 11) is -2.02. The Morgan fingerprint density at radius 3 is 2.24 bits per heavy atom. The first-order valence-electron chi connectivity index (χ1n) is 13.3. The van der Waals surface area contributed by atoms with Crippen molar-refractivity contribution in [2.75, 3.05) is 39.8 Å². The van der Waals surface area contributed by atoms with E-state index >= 15 is 0 Å². The van der Waals surface area contributed by atoms with E-state index in [4.69, 9.17) is 9.84 Å². The number of nitrogens with zero attached hydrogens (tertiary/aromatic N) is 3. The number of alkyl halides is 3. The zero-order valence-corrected chi connectivity index (χ0v) is 23.9. The molecule has 0 saturated carbocycles. The van der Waals surface area contributed by atoms with Crippen LogP contribution in [0.25, 0.3) is 22.0 Å². The first-order chi connectivity index (χ1) is 19.8. The van der Waals surface area contributed by atoms with Crippen LogP contribution in [0.5, 0.6) is 5.75 Å². The van der Waals surface area contributed by atoms with Gasteiger partial charge in [0.05, 0.1) is 16.0 Å². The molecule has 0 unspecified atom stereocenters. The van der Waals surface area contributed by atoms with Crippen LogP contribution in [0.3, 0.4) is 0 Å². The fourth-order valence-corrected chi connectivity index (χ4v) is 6.54. The summed E-state index contributed by atoms with van der Waals surface area (Å²) in [6.07, 6.45) is -2.83. The summed E-state index contributed by atoms with van der Waals surface area (Å²) in [5.74, 6) is -0.876. The topological polar surface area (TPSA) is 92.1 Å². The summed E-state index contributed by atoms with van der Waals surface area (Å²) in [5, 5.41) is 9.58. The number of hydrogen-bond donors (Lipinski definition) is 1. The summed E-state index contributed by atoms with van der Waals surface area (Å²) in [4.78, 5) is 15.4. The Balaban J connectivity index is 1.56. The van der Waals surface area contributed by atoms with Gasteiger partial charge in [-0.3, -0.25) is 4.90 Å². The Kier molecular flexibility index (Phi) is 8.06. The van der Waals surface area contributed by atoms with Crippen molar-refractivity contribution in [3.8, 4) is 16.9 Å². The van der Waals surface area contributed by atoms with E-state index < -0.39 is 34.3 Å². The Labute approximate surface area is 241 Å². The zero-order valence-electron chi connectivity index (χ0n) is 23.1. The maximum Gasteiger partial charge on any atom is 0.416 e. The molecule has 0 radical (unpaired) electrons. The van der Waals surface area contributed by atoms with Crippen LogP contribution < -0.4 is 4.74 Å². The number of carbonyl (C=O) groups is 1. The van der Waals surface area contributed by atoms with Crippen LogP contribution in [0, 0.1) is 6.92 Å². The van der Waals surface area contributed by atoms with Crippen molar-refractivity contribution < 1.29 is 36.2 Å². The summed E-state index contributed by atoms with van der Waals surface area (Å²) in [5.41, 5.74) is 2.20. The van der Waals surface area contributed by atoms with E-state index in [2.05, 4.69) is 9.80 Å². The number of aryl methyl sites for hydroxylation is 1. The molecule has 0 amide bonds. The number of fused-ring (bicyclic) bond motifs is 1. The van der Waals surface area contributed by atoms with Crippen molar-refractivity contribution >= 4 is 26.9 Å². The van der Waals surface area contributed by atoms with Crippen LogP contribution in [0.15, 0.2) is 71.8 Å². The van der Waals surface area contributed by atoms with Crippen molar-refractivity contribution in [1.82, 2.24) is 13.8 Å². The quantitative estimate of drug-likeness (QED) is 0.301.